The second-order valence-corrected chi connectivity index (χ2v) is 5.82. The van der Waals surface area contributed by atoms with E-state index in [1.54, 1.807) is 35.3 Å². The lowest BCUT2D eigenvalue weighted by atomic mass is 10.2. The van der Waals surface area contributed by atoms with Gasteiger partial charge in [-0.25, -0.2) is 14.1 Å². The number of para-hydroxylation sites is 2. The number of anilines is 1. The van der Waals surface area contributed by atoms with Crippen molar-refractivity contribution >= 4 is 11.6 Å². The summed E-state index contributed by atoms with van der Waals surface area (Å²) in [6, 6.07) is 16.1. The average Bonchev–Trinajstić information content (AvgIpc) is 3.40. The Kier molecular flexibility index (Phi) is 4.83. The van der Waals surface area contributed by atoms with E-state index in [4.69, 9.17) is 9.15 Å². The minimum Gasteiger partial charge on any atom is -0.486 e. The monoisotopic (exact) mass is 378 g/mol. The summed E-state index contributed by atoms with van der Waals surface area (Å²) < 4.78 is 25.5. The van der Waals surface area contributed by atoms with Crippen molar-refractivity contribution in [3.8, 4) is 11.4 Å². The van der Waals surface area contributed by atoms with Gasteiger partial charge in [0.1, 0.15) is 36.6 Å². The Balaban J connectivity index is 1.43. The molecule has 0 saturated carbocycles. The summed E-state index contributed by atoms with van der Waals surface area (Å²) in [5, 5.41) is 6.89. The number of ether oxygens (including phenoxy) is 1. The first kappa shape index (κ1) is 17.5. The SMILES string of the molecule is O=C(Nc1ccccc1-n1cncn1)c1ccc(COc2ccc(F)cc2)o1. The molecular weight excluding hydrogens is 363 g/mol. The highest BCUT2D eigenvalue weighted by Crippen LogP contribution is 2.20. The molecule has 0 atom stereocenters. The molecule has 0 fully saturated rings. The van der Waals surface area contributed by atoms with Crippen LogP contribution in [-0.4, -0.2) is 20.7 Å². The second kappa shape index (κ2) is 7.75. The summed E-state index contributed by atoms with van der Waals surface area (Å²) in [4.78, 5) is 16.4. The van der Waals surface area contributed by atoms with Crippen LogP contribution >= 0.6 is 0 Å². The van der Waals surface area contributed by atoms with Crippen LogP contribution in [0, 0.1) is 5.82 Å². The van der Waals surface area contributed by atoms with Gasteiger partial charge < -0.3 is 14.5 Å². The van der Waals surface area contributed by atoms with Gasteiger partial charge in [0.15, 0.2) is 5.76 Å². The lowest BCUT2D eigenvalue weighted by Crippen LogP contribution is -2.13. The smallest absolute Gasteiger partial charge is 0.291 e. The van der Waals surface area contributed by atoms with Crippen LogP contribution < -0.4 is 10.1 Å². The van der Waals surface area contributed by atoms with Crippen molar-refractivity contribution in [1.82, 2.24) is 14.8 Å². The van der Waals surface area contributed by atoms with E-state index >= 15 is 0 Å². The van der Waals surface area contributed by atoms with Gasteiger partial charge in [-0.2, -0.15) is 5.10 Å². The van der Waals surface area contributed by atoms with Gasteiger partial charge in [0.25, 0.3) is 5.91 Å². The fourth-order valence-electron chi connectivity index (χ4n) is 2.56. The molecule has 0 spiro atoms. The number of carbonyl (C=O) groups is 1. The summed E-state index contributed by atoms with van der Waals surface area (Å²) in [6.07, 6.45) is 2.96. The summed E-state index contributed by atoms with van der Waals surface area (Å²) in [7, 11) is 0. The molecule has 0 bridgehead atoms. The molecule has 2 aromatic carbocycles. The first-order valence-corrected chi connectivity index (χ1v) is 8.41. The zero-order valence-electron chi connectivity index (χ0n) is 14.6. The van der Waals surface area contributed by atoms with Gasteiger partial charge in [-0.05, 0) is 48.5 Å². The number of hydrogen-bond acceptors (Lipinski definition) is 5. The largest absolute Gasteiger partial charge is 0.486 e. The summed E-state index contributed by atoms with van der Waals surface area (Å²) in [5.74, 6) is 0.381. The van der Waals surface area contributed by atoms with E-state index in [0.717, 1.165) is 0 Å². The Morgan fingerprint density at radius 3 is 2.71 bits per heavy atom. The highest BCUT2D eigenvalue weighted by atomic mass is 19.1. The van der Waals surface area contributed by atoms with Gasteiger partial charge in [-0.1, -0.05) is 12.1 Å². The van der Waals surface area contributed by atoms with E-state index < -0.39 is 5.91 Å². The van der Waals surface area contributed by atoms with Crippen molar-refractivity contribution in [1.29, 1.82) is 0 Å². The molecular formula is C20H15FN4O3. The molecule has 4 rings (SSSR count). The van der Waals surface area contributed by atoms with Gasteiger partial charge in [0, 0.05) is 0 Å². The van der Waals surface area contributed by atoms with Crippen LogP contribution in [0.15, 0.2) is 77.7 Å². The maximum atomic E-state index is 12.9. The van der Waals surface area contributed by atoms with Crippen LogP contribution in [0.3, 0.4) is 0 Å². The van der Waals surface area contributed by atoms with Crippen LogP contribution in [0.1, 0.15) is 16.3 Å². The van der Waals surface area contributed by atoms with Crippen molar-refractivity contribution in [3.05, 3.63) is 90.7 Å². The second-order valence-electron chi connectivity index (χ2n) is 5.82. The first-order chi connectivity index (χ1) is 13.7. The standard InChI is InChI=1S/C20H15FN4O3/c21-14-5-7-15(8-6-14)27-11-16-9-10-19(28-16)20(26)24-17-3-1-2-4-18(17)25-13-22-12-23-25/h1-10,12-13H,11H2,(H,24,26). The number of nitrogens with zero attached hydrogens (tertiary/aromatic N) is 3. The fourth-order valence-corrected chi connectivity index (χ4v) is 2.56. The van der Waals surface area contributed by atoms with Crippen molar-refractivity contribution in [3.63, 3.8) is 0 Å². The summed E-state index contributed by atoms with van der Waals surface area (Å²) >= 11 is 0. The maximum Gasteiger partial charge on any atom is 0.291 e. The topological polar surface area (TPSA) is 82.2 Å². The highest BCUT2D eigenvalue weighted by molar-refractivity contribution is 6.03. The Morgan fingerprint density at radius 2 is 1.93 bits per heavy atom. The van der Waals surface area contributed by atoms with E-state index in [-0.39, 0.29) is 18.2 Å². The Bertz CT molecular complexity index is 1080. The molecule has 1 N–H and O–H groups in total. The molecule has 0 radical (unpaired) electrons. The number of nitrogens with one attached hydrogen (secondary N) is 1. The third kappa shape index (κ3) is 3.90. The van der Waals surface area contributed by atoms with Crippen LogP contribution in [0.25, 0.3) is 5.69 Å². The van der Waals surface area contributed by atoms with E-state index in [1.807, 2.05) is 12.1 Å². The van der Waals surface area contributed by atoms with Gasteiger partial charge in [0.2, 0.25) is 0 Å². The normalized spacial score (nSPS) is 10.6. The molecule has 2 heterocycles. The van der Waals surface area contributed by atoms with E-state index in [2.05, 4.69) is 15.4 Å². The molecule has 4 aromatic rings. The van der Waals surface area contributed by atoms with Gasteiger partial charge >= 0.3 is 0 Å². The highest BCUT2D eigenvalue weighted by Gasteiger charge is 2.14. The van der Waals surface area contributed by atoms with Gasteiger partial charge in [0.05, 0.1) is 11.4 Å². The Morgan fingerprint density at radius 1 is 1.11 bits per heavy atom. The average molecular weight is 378 g/mol. The molecule has 1 amide bonds. The molecule has 0 aliphatic carbocycles. The molecule has 2 aromatic heterocycles. The summed E-state index contributed by atoms with van der Waals surface area (Å²) in [6.45, 7) is 0.119. The molecule has 0 aliphatic heterocycles. The quantitative estimate of drug-likeness (QED) is 0.551. The van der Waals surface area contributed by atoms with Crippen LogP contribution in [-0.2, 0) is 6.61 Å². The van der Waals surface area contributed by atoms with Gasteiger partial charge in [-0.3, -0.25) is 4.79 Å². The van der Waals surface area contributed by atoms with E-state index in [1.165, 1.54) is 30.6 Å². The molecule has 0 aliphatic rings. The zero-order valence-corrected chi connectivity index (χ0v) is 14.6. The number of furan rings is 1. The van der Waals surface area contributed by atoms with Gasteiger partial charge in [-0.15, -0.1) is 0 Å². The Labute approximate surface area is 159 Å². The van der Waals surface area contributed by atoms with Crippen molar-refractivity contribution < 1.29 is 18.3 Å². The molecule has 0 saturated heterocycles. The third-order valence-corrected chi connectivity index (χ3v) is 3.90. The van der Waals surface area contributed by atoms with Crippen LogP contribution in [0.5, 0.6) is 5.75 Å². The lowest BCUT2D eigenvalue weighted by molar-refractivity contribution is 0.0992. The number of benzene rings is 2. The van der Waals surface area contributed by atoms with Crippen LogP contribution in [0.2, 0.25) is 0 Å². The van der Waals surface area contributed by atoms with Crippen molar-refractivity contribution in [2.45, 2.75) is 6.61 Å². The fraction of sp³-hybridized carbons (Fsp3) is 0.0500. The summed E-state index contributed by atoms with van der Waals surface area (Å²) in [5.41, 5.74) is 1.25. The van der Waals surface area contributed by atoms with E-state index in [9.17, 15) is 9.18 Å². The van der Waals surface area contributed by atoms with Crippen LogP contribution in [0.4, 0.5) is 10.1 Å². The van der Waals surface area contributed by atoms with Crippen molar-refractivity contribution in [2.75, 3.05) is 5.32 Å². The molecule has 0 unspecified atom stereocenters. The predicted molar refractivity (Wildman–Crippen MR) is 98.8 cm³/mol. The number of hydrogen-bond donors (Lipinski definition) is 1. The minimum absolute atomic E-state index is 0.119. The molecule has 7 nitrogen and oxygen atoms in total. The third-order valence-electron chi connectivity index (χ3n) is 3.90. The molecule has 8 heteroatoms. The molecule has 28 heavy (non-hydrogen) atoms. The number of halogens is 1. The number of amides is 1. The first-order valence-electron chi connectivity index (χ1n) is 8.41. The number of rotatable bonds is 6. The number of aromatic nitrogens is 3. The number of carbonyl (C=O) groups excluding carboxylic acids is 1. The maximum absolute atomic E-state index is 12.9. The Hall–Kier alpha value is -3.94. The minimum atomic E-state index is -0.402. The lowest BCUT2D eigenvalue weighted by Gasteiger charge is -2.09. The molecule has 140 valence electrons. The van der Waals surface area contributed by atoms with E-state index in [0.29, 0.717) is 22.9 Å². The zero-order chi connectivity index (χ0) is 19.3. The predicted octanol–water partition coefficient (Wildman–Crippen LogP) is 3.83. The van der Waals surface area contributed by atoms with Crippen molar-refractivity contribution in [2.24, 2.45) is 0 Å².